The van der Waals surface area contributed by atoms with E-state index < -0.39 is 0 Å². The third-order valence-electron chi connectivity index (χ3n) is 2.74. The molecule has 3 nitrogen and oxygen atoms in total. The molecule has 78 valence electrons. The second-order valence-corrected chi connectivity index (χ2v) is 3.86. The van der Waals surface area contributed by atoms with Crippen LogP contribution in [-0.2, 0) is 4.79 Å². The van der Waals surface area contributed by atoms with Gasteiger partial charge in [0.2, 0.25) is 5.91 Å². The number of likely N-dealkylation sites (tertiary alicyclic amines) is 1. The number of nitrogens with zero attached hydrogens (tertiary/aromatic N) is 1. The van der Waals surface area contributed by atoms with Crippen molar-refractivity contribution in [3.05, 3.63) is 0 Å². The maximum Gasteiger partial charge on any atom is 0.223 e. The number of carbonyl (C=O) groups excluding carboxylic acids is 1. The van der Waals surface area contributed by atoms with E-state index in [4.69, 9.17) is 12.2 Å². The average molecular weight is 194 g/mol. The van der Waals surface area contributed by atoms with Gasteiger partial charge in [-0.3, -0.25) is 4.79 Å². The van der Waals surface area contributed by atoms with Gasteiger partial charge in [0.15, 0.2) is 0 Å². The van der Waals surface area contributed by atoms with Gasteiger partial charge in [0.25, 0.3) is 0 Å². The van der Waals surface area contributed by atoms with E-state index in [1.165, 1.54) is 0 Å². The van der Waals surface area contributed by atoms with Gasteiger partial charge in [-0.1, -0.05) is 6.92 Å². The Bertz CT molecular complexity index is 244. The standard InChI is InChI=1S/C11H18N2O/c1-3-9-7-11(14)13(8-9)6-5-10(12)4-2/h1,9-10H,4-8,12H2,2H3. The van der Waals surface area contributed by atoms with Crippen LogP contribution in [0.2, 0.25) is 0 Å². The largest absolute Gasteiger partial charge is 0.341 e. The van der Waals surface area contributed by atoms with Crippen LogP contribution in [0.25, 0.3) is 0 Å². The van der Waals surface area contributed by atoms with Gasteiger partial charge in [-0.15, -0.1) is 12.3 Å². The first kappa shape index (κ1) is 11.1. The van der Waals surface area contributed by atoms with Gasteiger partial charge in [0, 0.05) is 31.5 Å². The third-order valence-corrected chi connectivity index (χ3v) is 2.74. The molecular weight excluding hydrogens is 176 g/mol. The molecule has 0 bridgehead atoms. The van der Waals surface area contributed by atoms with Gasteiger partial charge in [-0.05, 0) is 12.8 Å². The molecule has 1 heterocycles. The Balaban J connectivity index is 2.33. The summed E-state index contributed by atoms with van der Waals surface area (Å²) in [6.07, 6.45) is 7.63. The van der Waals surface area contributed by atoms with Gasteiger partial charge in [-0.2, -0.15) is 0 Å². The zero-order valence-corrected chi connectivity index (χ0v) is 8.70. The Labute approximate surface area is 85.6 Å². The van der Waals surface area contributed by atoms with E-state index in [-0.39, 0.29) is 17.9 Å². The molecule has 0 aromatic heterocycles. The van der Waals surface area contributed by atoms with E-state index in [1.807, 2.05) is 4.90 Å². The van der Waals surface area contributed by atoms with E-state index in [2.05, 4.69) is 12.8 Å². The summed E-state index contributed by atoms with van der Waals surface area (Å²) in [5, 5.41) is 0. The molecule has 1 aliphatic rings. The quantitative estimate of drug-likeness (QED) is 0.666. The molecule has 1 rings (SSSR count). The molecule has 0 aromatic carbocycles. The van der Waals surface area contributed by atoms with Gasteiger partial charge in [-0.25, -0.2) is 0 Å². The molecule has 0 radical (unpaired) electrons. The molecule has 2 unspecified atom stereocenters. The predicted octanol–water partition coefficient (Wildman–Crippen LogP) is 0.596. The van der Waals surface area contributed by atoms with E-state index in [9.17, 15) is 4.79 Å². The van der Waals surface area contributed by atoms with Crippen molar-refractivity contribution in [2.75, 3.05) is 13.1 Å². The maximum atomic E-state index is 11.4. The van der Waals surface area contributed by atoms with Crippen molar-refractivity contribution in [3.8, 4) is 12.3 Å². The summed E-state index contributed by atoms with van der Waals surface area (Å²) < 4.78 is 0. The minimum atomic E-state index is 0.111. The average Bonchev–Trinajstić information content (AvgIpc) is 2.55. The van der Waals surface area contributed by atoms with Crippen LogP contribution >= 0.6 is 0 Å². The molecule has 1 aliphatic heterocycles. The third kappa shape index (κ3) is 2.74. The molecule has 14 heavy (non-hydrogen) atoms. The molecule has 3 heteroatoms. The maximum absolute atomic E-state index is 11.4. The summed E-state index contributed by atoms with van der Waals surface area (Å²) >= 11 is 0. The minimum absolute atomic E-state index is 0.111. The van der Waals surface area contributed by atoms with Crippen molar-refractivity contribution >= 4 is 5.91 Å². The summed E-state index contributed by atoms with van der Waals surface area (Å²) in [7, 11) is 0. The first-order valence-electron chi connectivity index (χ1n) is 5.16. The summed E-state index contributed by atoms with van der Waals surface area (Å²) in [4.78, 5) is 13.3. The van der Waals surface area contributed by atoms with Crippen LogP contribution in [0.4, 0.5) is 0 Å². The molecular formula is C11H18N2O. The Kier molecular flexibility index (Phi) is 3.97. The lowest BCUT2D eigenvalue weighted by molar-refractivity contribution is -0.127. The van der Waals surface area contributed by atoms with Crippen molar-refractivity contribution in [3.63, 3.8) is 0 Å². The smallest absolute Gasteiger partial charge is 0.223 e. The van der Waals surface area contributed by atoms with E-state index >= 15 is 0 Å². The van der Waals surface area contributed by atoms with Crippen molar-refractivity contribution < 1.29 is 4.79 Å². The summed E-state index contributed by atoms with van der Waals surface area (Å²) in [5.74, 6) is 2.92. The minimum Gasteiger partial charge on any atom is -0.341 e. The first-order valence-corrected chi connectivity index (χ1v) is 5.16. The van der Waals surface area contributed by atoms with E-state index in [0.717, 1.165) is 19.4 Å². The van der Waals surface area contributed by atoms with Crippen LogP contribution in [-0.4, -0.2) is 29.9 Å². The van der Waals surface area contributed by atoms with Crippen molar-refractivity contribution in [1.29, 1.82) is 0 Å². The fourth-order valence-corrected chi connectivity index (χ4v) is 1.63. The van der Waals surface area contributed by atoms with E-state index in [0.29, 0.717) is 13.0 Å². The van der Waals surface area contributed by atoms with Gasteiger partial charge < -0.3 is 10.6 Å². The number of amides is 1. The first-order chi connectivity index (χ1) is 6.67. The van der Waals surface area contributed by atoms with Gasteiger partial charge >= 0.3 is 0 Å². The number of hydrogen-bond donors (Lipinski definition) is 1. The second-order valence-electron chi connectivity index (χ2n) is 3.86. The zero-order chi connectivity index (χ0) is 10.6. The molecule has 0 saturated carbocycles. The topological polar surface area (TPSA) is 46.3 Å². The van der Waals surface area contributed by atoms with Crippen LogP contribution in [0.3, 0.4) is 0 Å². The van der Waals surface area contributed by atoms with E-state index in [1.54, 1.807) is 0 Å². The predicted molar refractivity (Wildman–Crippen MR) is 56.4 cm³/mol. The summed E-state index contributed by atoms with van der Waals surface area (Å²) in [5.41, 5.74) is 5.79. The summed E-state index contributed by atoms with van der Waals surface area (Å²) in [6, 6.07) is 0.202. The van der Waals surface area contributed by atoms with Gasteiger partial charge in [0.1, 0.15) is 0 Å². The van der Waals surface area contributed by atoms with Crippen molar-refractivity contribution in [2.24, 2.45) is 11.7 Å². The second kappa shape index (κ2) is 5.02. The summed E-state index contributed by atoms with van der Waals surface area (Å²) in [6.45, 7) is 3.53. The Morgan fingerprint density at radius 2 is 2.50 bits per heavy atom. The lowest BCUT2D eigenvalue weighted by Gasteiger charge is -2.17. The monoisotopic (exact) mass is 194 g/mol. The van der Waals surface area contributed by atoms with Crippen molar-refractivity contribution in [1.82, 2.24) is 4.90 Å². The van der Waals surface area contributed by atoms with Gasteiger partial charge in [0.05, 0.1) is 0 Å². The van der Waals surface area contributed by atoms with Crippen LogP contribution in [0, 0.1) is 18.3 Å². The molecule has 1 saturated heterocycles. The van der Waals surface area contributed by atoms with Crippen LogP contribution < -0.4 is 5.73 Å². The lowest BCUT2D eigenvalue weighted by atomic mass is 10.1. The fourth-order valence-electron chi connectivity index (χ4n) is 1.63. The highest BCUT2D eigenvalue weighted by Crippen LogP contribution is 2.17. The Morgan fingerprint density at radius 1 is 1.79 bits per heavy atom. The number of hydrogen-bond acceptors (Lipinski definition) is 2. The Hall–Kier alpha value is -1.01. The highest BCUT2D eigenvalue weighted by Gasteiger charge is 2.27. The number of nitrogens with two attached hydrogens (primary N) is 1. The van der Waals surface area contributed by atoms with Crippen molar-refractivity contribution in [2.45, 2.75) is 32.2 Å². The number of rotatable bonds is 4. The van der Waals surface area contributed by atoms with Crippen LogP contribution in [0.1, 0.15) is 26.2 Å². The molecule has 2 atom stereocenters. The molecule has 2 N–H and O–H groups in total. The Morgan fingerprint density at radius 3 is 3.00 bits per heavy atom. The zero-order valence-electron chi connectivity index (χ0n) is 8.70. The van der Waals surface area contributed by atoms with Crippen LogP contribution in [0.15, 0.2) is 0 Å². The number of terminal acetylenes is 1. The number of carbonyl (C=O) groups is 1. The highest BCUT2D eigenvalue weighted by atomic mass is 16.2. The molecule has 1 fully saturated rings. The highest BCUT2D eigenvalue weighted by molar-refractivity contribution is 5.79. The SMILES string of the molecule is C#CC1CC(=O)N(CCC(N)CC)C1. The van der Waals surface area contributed by atoms with Crippen LogP contribution in [0.5, 0.6) is 0 Å². The molecule has 0 aromatic rings. The molecule has 0 aliphatic carbocycles. The molecule has 0 spiro atoms. The normalized spacial score (nSPS) is 23.6. The molecule has 1 amide bonds. The lowest BCUT2D eigenvalue weighted by Crippen LogP contribution is -2.31. The fraction of sp³-hybridized carbons (Fsp3) is 0.727.